The summed E-state index contributed by atoms with van der Waals surface area (Å²) in [5.41, 5.74) is 1.59. The molecule has 3 aromatic rings. The largest absolute Gasteiger partial charge is 0.356 e. The monoisotopic (exact) mass is 454 g/mol. The van der Waals surface area contributed by atoms with Gasteiger partial charge in [0.15, 0.2) is 0 Å². The average molecular weight is 455 g/mol. The van der Waals surface area contributed by atoms with E-state index in [1.54, 1.807) is 12.1 Å². The summed E-state index contributed by atoms with van der Waals surface area (Å²) in [6, 6.07) is 6.80. The Morgan fingerprint density at radius 2 is 1.75 bits per heavy atom. The van der Waals surface area contributed by atoms with Crippen LogP contribution in [-0.4, -0.2) is 45.7 Å². The predicted octanol–water partition coefficient (Wildman–Crippen LogP) is 5.04. The van der Waals surface area contributed by atoms with Gasteiger partial charge < -0.3 is 14.4 Å². The van der Waals surface area contributed by atoms with E-state index in [9.17, 15) is 4.39 Å². The van der Waals surface area contributed by atoms with Gasteiger partial charge in [0.05, 0.1) is 10.7 Å². The van der Waals surface area contributed by atoms with Gasteiger partial charge in [-0.25, -0.2) is 14.4 Å². The van der Waals surface area contributed by atoms with Gasteiger partial charge in [-0.2, -0.15) is 4.98 Å². The van der Waals surface area contributed by atoms with Crippen LogP contribution in [0.4, 0.5) is 16.2 Å². The van der Waals surface area contributed by atoms with Gasteiger partial charge >= 0.3 is 0 Å². The number of rotatable bonds is 4. The third-order valence-electron chi connectivity index (χ3n) is 6.60. The molecule has 0 aliphatic carbocycles. The molecule has 0 saturated carbocycles. The fourth-order valence-electron chi connectivity index (χ4n) is 4.76. The van der Waals surface area contributed by atoms with Crippen molar-refractivity contribution in [1.29, 1.82) is 0 Å². The number of nitrogens with zero attached hydrogens (tertiary/aromatic N) is 6. The van der Waals surface area contributed by atoms with Crippen molar-refractivity contribution in [2.24, 2.45) is 7.05 Å². The highest BCUT2D eigenvalue weighted by Crippen LogP contribution is 2.32. The van der Waals surface area contributed by atoms with E-state index < -0.39 is 5.82 Å². The molecule has 0 radical (unpaired) electrons. The first-order chi connectivity index (χ1) is 15.6. The Hall–Kier alpha value is -2.67. The van der Waals surface area contributed by atoms with E-state index >= 15 is 0 Å². The van der Waals surface area contributed by atoms with Crippen LogP contribution in [0.15, 0.2) is 36.7 Å². The number of benzene rings is 1. The SMILES string of the molecule is Cn1ccnc1C1CCN(c2cc(-c3ccc(F)c(Cl)c3)nc(N3CCCCC3)n2)CC1. The second-order valence-corrected chi connectivity index (χ2v) is 9.15. The highest BCUT2D eigenvalue weighted by molar-refractivity contribution is 6.31. The van der Waals surface area contributed by atoms with E-state index in [4.69, 9.17) is 21.6 Å². The molecule has 0 amide bonds. The Balaban J connectivity index is 1.44. The molecule has 1 aromatic carbocycles. The van der Waals surface area contributed by atoms with Crippen LogP contribution in [0.2, 0.25) is 5.02 Å². The minimum Gasteiger partial charge on any atom is -0.356 e. The summed E-state index contributed by atoms with van der Waals surface area (Å²) in [5.74, 6) is 2.88. The minimum atomic E-state index is -0.419. The van der Waals surface area contributed by atoms with E-state index in [0.29, 0.717) is 5.92 Å². The number of hydrogen-bond donors (Lipinski definition) is 0. The molecule has 32 heavy (non-hydrogen) atoms. The second kappa shape index (κ2) is 9.06. The van der Waals surface area contributed by atoms with E-state index in [1.807, 2.05) is 18.5 Å². The fourth-order valence-corrected chi connectivity index (χ4v) is 4.94. The fraction of sp³-hybridized carbons (Fsp3) is 0.458. The van der Waals surface area contributed by atoms with E-state index in [0.717, 1.165) is 80.7 Å². The van der Waals surface area contributed by atoms with Gasteiger partial charge in [-0.05, 0) is 50.3 Å². The Kier molecular flexibility index (Phi) is 6.00. The van der Waals surface area contributed by atoms with Gasteiger partial charge in [-0.15, -0.1) is 0 Å². The number of aryl methyl sites for hydroxylation is 1. The minimum absolute atomic E-state index is 0.109. The van der Waals surface area contributed by atoms with Crippen LogP contribution < -0.4 is 9.80 Å². The Morgan fingerprint density at radius 1 is 0.969 bits per heavy atom. The average Bonchev–Trinajstić information content (AvgIpc) is 3.27. The van der Waals surface area contributed by atoms with Gasteiger partial charge in [0.1, 0.15) is 17.5 Å². The van der Waals surface area contributed by atoms with Crippen LogP contribution in [0.1, 0.15) is 43.8 Å². The number of piperidine rings is 2. The zero-order valence-electron chi connectivity index (χ0n) is 18.3. The van der Waals surface area contributed by atoms with Crippen molar-refractivity contribution in [1.82, 2.24) is 19.5 Å². The van der Waals surface area contributed by atoms with Crippen molar-refractivity contribution < 1.29 is 4.39 Å². The molecule has 0 bridgehead atoms. The Morgan fingerprint density at radius 3 is 2.44 bits per heavy atom. The Labute approximate surface area is 193 Å². The highest BCUT2D eigenvalue weighted by Gasteiger charge is 2.25. The van der Waals surface area contributed by atoms with Crippen molar-refractivity contribution in [2.45, 2.75) is 38.0 Å². The number of hydrogen-bond acceptors (Lipinski definition) is 5. The molecule has 2 aliphatic rings. The summed E-state index contributed by atoms with van der Waals surface area (Å²) in [5, 5.41) is 0.109. The van der Waals surface area contributed by atoms with Crippen molar-refractivity contribution in [3.8, 4) is 11.3 Å². The van der Waals surface area contributed by atoms with Crippen molar-refractivity contribution in [3.63, 3.8) is 0 Å². The molecule has 0 spiro atoms. The molecular weight excluding hydrogens is 427 g/mol. The molecule has 2 fully saturated rings. The van der Waals surface area contributed by atoms with E-state index in [2.05, 4.69) is 26.4 Å². The molecule has 8 heteroatoms. The number of aromatic nitrogens is 4. The van der Waals surface area contributed by atoms with E-state index in [1.165, 1.54) is 12.5 Å². The van der Waals surface area contributed by atoms with Gasteiger partial charge in [0.2, 0.25) is 5.95 Å². The maximum Gasteiger partial charge on any atom is 0.227 e. The lowest BCUT2D eigenvalue weighted by Crippen LogP contribution is -2.35. The summed E-state index contributed by atoms with van der Waals surface area (Å²) >= 11 is 6.07. The summed E-state index contributed by atoms with van der Waals surface area (Å²) < 4.78 is 15.9. The second-order valence-electron chi connectivity index (χ2n) is 8.75. The zero-order valence-corrected chi connectivity index (χ0v) is 19.1. The first-order valence-corrected chi connectivity index (χ1v) is 11.8. The molecule has 0 N–H and O–H groups in total. The third-order valence-corrected chi connectivity index (χ3v) is 6.89. The van der Waals surface area contributed by atoms with Gasteiger partial charge in [0, 0.05) is 63.2 Å². The van der Waals surface area contributed by atoms with Crippen molar-refractivity contribution in [2.75, 3.05) is 36.0 Å². The maximum absolute atomic E-state index is 13.7. The van der Waals surface area contributed by atoms with Crippen molar-refractivity contribution in [3.05, 3.63) is 53.3 Å². The molecule has 4 heterocycles. The van der Waals surface area contributed by atoms with Crippen LogP contribution in [0.3, 0.4) is 0 Å². The molecule has 5 rings (SSSR count). The number of anilines is 2. The molecule has 2 aromatic heterocycles. The van der Waals surface area contributed by atoms with Crippen molar-refractivity contribution >= 4 is 23.4 Å². The standard InChI is InChI=1S/C24H28ClFN6/c1-30-14-9-27-23(30)17-7-12-31(13-8-17)22-16-21(18-5-6-20(26)19(25)15-18)28-24(29-22)32-10-3-2-4-11-32/h5-6,9,14-17H,2-4,7-8,10-13H2,1H3. The lowest BCUT2D eigenvalue weighted by molar-refractivity contribution is 0.473. The summed E-state index contributed by atoms with van der Waals surface area (Å²) in [6.45, 7) is 3.76. The van der Waals surface area contributed by atoms with Crippen LogP contribution in [-0.2, 0) is 7.05 Å². The summed E-state index contributed by atoms with van der Waals surface area (Å²) in [4.78, 5) is 19.0. The van der Waals surface area contributed by atoms with Crippen LogP contribution >= 0.6 is 11.6 Å². The number of halogens is 2. The molecule has 2 aliphatic heterocycles. The quantitative estimate of drug-likeness (QED) is 0.552. The maximum atomic E-state index is 13.7. The summed E-state index contributed by atoms with van der Waals surface area (Å²) in [7, 11) is 2.06. The van der Waals surface area contributed by atoms with Crippen LogP contribution in [0.25, 0.3) is 11.3 Å². The smallest absolute Gasteiger partial charge is 0.227 e. The molecule has 6 nitrogen and oxygen atoms in total. The normalized spacial score (nSPS) is 17.7. The van der Waals surface area contributed by atoms with Gasteiger partial charge in [-0.1, -0.05) is 11.6 Å². The molecule has 0 atom stereocenters. The van der Waals surface area contributed by atoms with E-state index in [-0.39, 0.29) is 5.02 Å². The van der Waals surface area contributed by atoms with Crippen LogP contribution in [0, 0.1) is 5.82 Å². The number of imidazole rings is 1. The topological polar surface area (TPSA) is 50.1 Å². The molecular formula is C24H28ClFN6. The first-order valence-electron chi connectivity index (χ1n) is 11.4. The highest BCUT2D eigenvalue weighted by atomic mass is 35.5. The van der Waals surface area contributed by atoms with Crippen LogP contribution in [0.5, 0.6) is 0 Å². The lowest BCUT2D eigenvalue weighted by atomic mass is 9.96. The molecule has 0 unspecified atom stereocenters. The molecule has 168 valence electrons. The first kappa shape index (κ1) is 21.2. The Bertz CT molecular complexity index is 1090. The molecule has 2 saturated heterocycles. The predicted molar refractivity (Wildman–Crippen MR) is 126 cm³/mol. The van der Waals surface area contributed by atoms with Gasteiger partial charge in [0.25, 0.3) is 0 Å². The van der Waals surface area contributed by atoms with Gasteiger partial charge in [-0.3, -0.25) is 0 Å². The third kappa shape index (κ3) is 4.31. The zero-order chi connectivity index (χ0) is 22.1. The lowest BCUT2D eigenvalue weighted by Gasteiger charge is -2.34. The summed E-state index contributed by atoms with van der Waals surface area (Å²) in [6.07, 6.45) is 9.50.